The van der Waals surface area contributed by atoms with Gasteiger partial charge in [-0.15, -0.1) is 0 Å². The summed E-state index contributed by atoms with van der Waals surface area (Å²) >= 11 is 0. The molecule has 0 radical (unpaired) electrons. The zero-order valence-electron chi connectivity index (χ0n) is 6.81. The summed E-state index contributed by atoms with van der Waals surface area (Å²) in [6.07, 6.45) is 1.55. The first-order chi connectivity index (χ1) is 5.99. The van der Waals surface area contributed by atoms with Crippen molar-refractivity contribution in [3.63, 3.8) is 0 Å². The van der Waals surface area contributed by atoms with Crippen LogP contribution in [-0.2, 0) is 9.59 Å². The normalized spacial score (nSPS) is 12.0. The van der Waals surface area contributed by atoms with Gasteiger partial charge in [-0.1, -0.05) is 0 Å². The van der Waals surface area contributed by atoms with E-state index < -0.39 is 11.9 Å². The molecule has 0 saturated carbocycles. The van der Waals surface area contributed by atoms with Crippen molar-refractivity contribution in [1.29, 1.82) is 5.26 Å². The number of nitrogens with zero attached hydrogens (tertiary/aromatic N) is 1. The Labute approximate surface area is 74.2 Å². The Balaban J connectivity index is 4.99. The Kier molecular flexibility index (Phi) is 3.96. The minimum Gasteiger partial charge on any atom is -0.478 e. The molecule has 5 heteroatoms. The molecule has 0 spiro atoms. The van der Waals surface area contributed by atoms with Crippen LogP contribution in [0.2, 0.25) is 0 Å². The van der Waals surface area contributed by atoms with Crippen LogP contribution in [0.5, 0.6) is 0 Å². The molecule has 68 valence electrons. The second-order valence-corrected chi connectivity index (χ2v) is 2.13. The molecule has 0 aliphatic carbocycles. The van der Waals surface area contributed by atoms with Gasteiger partial charge in [0.1, 0.15) is 0 Å². The molecule has 0 heterocycles. The van der Waals surface area contributed by atoms with Gasteiger partial charge in [0.05, 0.1) is 11.6 Å². The monoisotopic (exact) mass is 181 g/mol. The fourth-order valence-electron chi connectivity index (χ4n) is 0.572. The summed E-state index contributed by atoms with van der Waals surface area (Å²) in [5.41, 5.74) is -0.352. The van der Waals surface area contributed by atoms with E-state index in [4.69, 9.17) is 15.5 Å². The molecule has 2 N–H and O–H groups in total. The van der Waals surface area contributed by atoms with Crippen LogP contribution in [0.3, 0.4) is 0 Å². The summed E-state index contributed by atoms with van der Waals surface area (Å²) in [5, 5.41) is 25.1. The molecule has 0 aliphatic rings. The van der Waals surface area contributed by atoms with E-state index in [1.807, 2.05) is 0 Å². The van der Waals surface area contributed by atoms with Gasteiger partial charge in [0.2, 0.25) is 0 Å². The third kappa shape index (κ3) is 3.72. The largest absolute Gasteiger partial charge is 0.478 e. The van der Waals surface area contributed by atoms with E-state index >= 15 is 0 Å². The van der Waals surface area contributed by atoms with Gasteiger partial charge in [0, 0.05) is 11.6 Å². The third-order valence-electron chi connectivity index (χ3n) is 1.19. The fraction of sp³-hybridized carbons (Fsp3) is 0.125. The van der Waals surface area contributed by atoms with Crippen molar-refractivity contribution in [2.24, 2.45) is 0 Å². The molecule has 0 amide bonds. The molecule has 0 aromatic carbocycles. The number of allylic oxidation sites excluding steroid dienone is 1. The first kappa shape index (κ1) is 10.9. The highest BCUT2D eigenvalue weighted by Gasteiger charge is 2.07. The van der Waals surface area contributed by atoms with Crippen LogP contribution >= 0.6 is 0 Å². The average Bonchev–Trinajstić information content (AvgIpc) is 2.03. The summed E-state index contributed by atoms with van der Waals surface area (Å²) < 4.78 is 0. The van der Waals surface area contributed by atoms with Crippen LogP contribution in [0.1, 0.15) is 6.92 Å². The van der Waals surface area contributed by atoms with Crippen molar-refractivity contribution >= 4 is 11.9 Å². The minimum absolute atomic E-state index is 0.0370. The van der Waals surface area contributed by atoms with Crippen molar-refractivity contribution < 1.29 is 19.8 Å². The number of carbonyl (C=O) groups is 2. The van der Waals surface area contributed by atoms with E-state index in [1.54, 1.807) is 6.07 Å². The van der Waals surface area contributed by atoms with Gasteiger partial charge in [-0.25, -0.2) is 9.59 Å². The number of aliphatic carboxylic acids is 2. The van der Waals surface area contributed by atoms with E-state index in [1.165, 1.54) is 6.92 Å². The summed E-state index contributed by atoms with van der Waals surface area (Å²) in [6.45, 7) is 1.30. The Hall–Kier alpha value is -2.09. The van der Waals surface area contributed by atoms with Crippen LogP contribution in [0, 0.1) is 11.3 Å². The van der Waals surface area contributed by atoms with Crippen LogP contribution in [0.15, 0.2) is 23.3 Å². The van der Waals surface area contributed by atoms with Gasteiger partial charge >= 0.3 is 11.9 Å². The Morgan fingerprint density at radius 1 is 1.31 bits per heavy atom. The number of nitriles is 1. The lowest BCUT2D eigenvalue weighted by molar-refractivity contribution is -0.132. The zero-order valence-corrected chi connectivity index (χ0v) is 6.81. The van der Waals surface area contributed by atoms with Gasteiger partial charge in [0.25, 0.3) is 0 Å². The molecule has 13 heavy (non-hydrogen) atoms. The first-order valence-corrected chi connectivity index (χ1v) is 3.24. The highest BCUT2D eigenvalue weighted by atomic mass is 16.4. The first-order valence-electron chi connectivity index (χ1n) is 3.24. The lowest BCUT2D eigenvalue weighted by Crippen LogP contribution is -2.01. The Bertz CT molecular complexity index is 333. The number of carboxylic acids is 2. The Morgan fingerprint density at radius 3 is 2.15 bits per heavy atom. The van der Waals surface area contributed by atoms with Gasteiger partial charge in [-0.05, 0) is 13.0 Å². The van der Waals surface area contributed by atoms with Gasteiger partial charge in [-0.3, -0.25) is 0 Å². The molecule has 0 rings (SSSR count). The van der Waals surface area contributed by atoms with Crippen LogP contribution in [0.25, 0.3) is 0 Å². The van der Waals surface area contributed by atoms with E-state index in [-0.39, 0.29) is 11.1 Å². The van der Waals surface area contributed by atoms with Crippen LogP contribution in [-0.4, -0.2) is 22.2 Å². The molecule has 0 aliphatic heterocycles. The van der Waals surface area contributed by atoms with Crippen molar-refractivity contribution in [3.05, 3.63) is 23.3 Å². The van der Waals surface area contributed by atoms with Crippen LogP contribution in [0.4, 0.5) is 0 Å². The molecule has 0 aromatic heterocycles. The molecular formula is C8H7NO4. The van der Waals surface area contributed by atoms with E-state index in [0.29, 0.717) is 6.08 Å². The third-order valence-corrected chi connectivity index (χ3v) is 1.19. The molecular weight excluding hydrogens is 174 g/mol. The maximum Gasteiger partial charge on any atom is 0.336 e. The maximum atomic E-state index is 10.5. The van der Waals surface area contributed by atoms with E-state index in [2.05, 4.69) is 0 Å². The van der Waals surface area contributed by atoms with Crippen molar-refractivity contribution in [2.45, 2.75) is 6.92 Å². The van der Waals surface area contributed by atoms with Crippen LogP contribution < -0.4 is 0 Å². The predicted octanol–water partition coefficient (Wildman–Crippen LogP) is 0.552. The lowest BCUT2D eigenvalue weighted by Gasteiger charge is -1.93. The number of rotatable bonds is 3. The molecule has 0 fully saturated rings. The second kappa shape index (κ2) is 4.72. The lowest BCUT2D eigenvalue weighted by atomic mass is 10.1. The highest BCUT2D eigenvalue weighted by molar-refractivity contribution is 5.93. The van der Waals surface area contributed by atoms with Gasteiger partial charge in [-0.2, -0.15) is 5.26 Å². The number of carboxylic acid groups (broad SMARTS) is 2. The second-order valence-electron chi connectivity index (χ2n) is 2.13. The standard InChI is InChI=1S/C8H7NO4/c1-5(4-9)6(8(12)13)2-3-7(10)11/h2-3H,1H3,(H,10,11)(H,12,13)/b3-2-,6-5+. The smallest absolute Gasteiger partial charge is 0.336 e. The van der Waals surface area contributed by atoms with Crippen molar-refractivity contribution in [3.8, 4) is 6.07 Å². The van der Waals surface area contributed by atoms with Crippen molar-refractivity contribution in [2.75, 3.05) is 0 Å². The fourth-order valence-corrected chi connectivity index (χ4v) is 0.572. The molecule has 0 unspecified atom stereocenters. The Morgan fingerprint density at radius 2 is 1.85 bits per heavy atom. The quantitative estimate of drug-likeness (QED) is 0.376. The predicted molar refractivity (Wildman–Crippen MR) is 42.7 cm³/mol. The summed E-state index contributed by atoms with van der Waals surface area (Å²) in [7, 11) is 0. The topological polar surface area (TPSA) is 98.4 Å². The zero-order chi connectivity index (χ0) is 10.4. The minimum atomic E-state index is -1.32. The van der Waals surface area contributed by atoms with E-state index in [0.717, 1.165) is 6.08 Å². The number of hydrogen-bond acceptors (Lipinski definition) is 3. The van der Waals surface area contributed by atoms with Gasteiger partial charge in [0.15, 0.2) is 0 Å². The molecule has 0 saturated heterocycles. The van der Waals surface area contributed by atoms with Crippen molar-refractivity contribution in [1.82, 2.24) is 0 Å². The summed E-state index contributed by atoms with van der Waals surface area (Å²) in [6, 6.07) is 1.62. The molecule has 0 atom stereocenters. The number of hydrogen-bond donors (Lipinski definition) is 2. The highest BCUT2D eigenvalue weighted by Crippen LogP contribution is 2.04. The summed E-state index contributed by atoms with van der Waals surface area (Å²) in [5.74, 6) is -2.58. The average molecular weight is 181 g/mol. The SMILES string of the molecule is C/C(C#N)=C(/C=C\C(=O)O)C(=O)O. The molecule has 0 aromatic rings. The van der Waals surface area contributed by atoms with Gasteiger partial charge < -0.3 is 10.2 Å². The molecule has 5 nitrogen and oxygen atoms in total. The molecule has 0 bridgehead atoms. The van der Waals surface area contributed by atoms with E-state index in [9.17, 15) is 9.59 Å². The summed E-state index contributed by atoms with van der Waals surface area (Å²) in [4.78, 5) is 20.5. The maximum absolute atomic E-state index is 10.5.